The number of thiophene rings is 1. The van der Waals surface area contributed by atoms with Gasteiger partial charge in [-0.15, -0.1) is 11.3 Å². The molecule has 6 nitrogen and oxygen atoms in total. The number of hydrogen-bond acceptors (Lipinski definition) is 6. The van der Waals surface area contributed by atoms with E-state index in [2.05, 4.69) is 28.8 Å². The first kappa shape index (κ1) is 17.1. The number of carbonyl (C=O) groups excluding carboxylic acids is 1. The van der Waals surface area contributed by atoms with Crippen molar-refractivity contribution in [1.29, 1.82) is 0 Å². The molecule has 0 unspecified atom stereocenters. The third-order valence-electron chi connectivity index (χ3n) is 5.92. The minimum Gasteiger partial charge on any atom is -0.485 e. The lowest BCUT2D eigenvalue weighted by molar-refractivity contribution is 0.0316. The number of likely N-dealkylation sites (N-methyl/N-ethyl adjacent to an activating group) is 1. The van der Waals surface area contributed by atoms with Crippen LogP contribution >= 0.6 is 11.3 Å². The Hall–Kier alpha value is -1.31. The first-order valence-electron chi connectivity index (χ1n) is 9.15. The third kappa shape index (κ3) is 3.13. The fourth-order valence-corrected chi connectivity index (χ4v) is 5.09. The molecule has 138 valence electrons. The van der Waals surface area contributed by atoms with Gasteiger partial charge >= 0.3 is 0 Å². The van der Waals surface area contributed by atoms with Gasteiger partial charge in [-0.3, -0.25) is 9.69 Å². The van der Waals surface area contributed by atoms with E-state index >= 15 is 0 Å². The maximum absolute atomic E-state index is 13.3. The van der Waals surface area contributed by atoms with Gasteiger partial charge < -0.3 is 19.3 Å². The van der Waals surface area contributed by atoms with Crippen molar-refractivity contribution in [3.05, 3.63) is 10.3 Å². The van der Waals surface area contributed by atoms with E-state index in [4.69, 9.17) is 9.47 Å². The zero-order valence-electron chi connectivity index (χ0n) is 15.1. The van der Waals surface area contributed by atoms with Crippen LogP contribution in [0.3, 0.4) is 0 Å². The summed E-state index contributed by atoms with van der Waals surface area (Å²) in [6, 6.07) is 0. The van der Waals surface area contributed by atoms with Crippen molar-refractivity contribution < 1.29 is 14.3 Å². The lowest BCUT2D eigenvalue weighted by Gasteiger charge is -2.47. The molecule has 2 saturated heterocycles. The molecule has 0 radical (unpaired) electrons. The molecule has 3 aliphatic rings. The SMILES string of the molecule is CN1CCC2(CC1)CN(C(=O)c1scc3c1OCCO3)CCCN2C. The highest BCUT2D eigenvalue weighted by molar-refractivity contribution is 7.12. The van der Waals surface area contributed by atoms with Crippen LogP contribution in [-0.4, -0.2) is 86.2 Å². The fourth-order valence-electron chi connectivity index (χ4n) is 4.19. The van der Waals surface area contributed by atoms with E-state index in [1.54, 1.807) is 0 Å². The van der Waals surface area contributed by atoms with E-state index in [1.807, 2.05) is 5.38 Å². The minimum absolute atomic E-state index is 0.102. The van der Waals surface area contributed by atoms with E-state index in [0.717, 1.165) is 57.7 Å². The second-order valence-corrected chi connectivity index (χ2v) is 8.36. The van der Waals surface area contributed by atoms with Gasteiger partial charge in [0.05, 0.1) is 0 Å². The number of rotatable bonds is 1. The normalized spacial score (nSPS) is 24.3. The van der Waals surface area contributed by atoms with Crippen molar-refractivity contribution in [2.45, 2.75) is 24.8 Å². The number of likely N-dealkylation sites (tertiary alicyclic amines) is 1. The van der Waals surface area contributed by atoms with Gasteiger partial charge in [0.25, 0.3) is 5.91 Å². The van der Waals surface area contributed by atoms with Crippen LogP contribution in [0.5, 0.6) is 11.5 Å². The monoisotopic (exact) mass is 365 g/mol. The molecule has 0 bridgehead atoms. The van der Waals surface area contributed by atoms with Crippen molar-refractivity contribution >= 4 is 17.2 Å². The average molecular weight is 365 g/mol. The number of ether oxygens (including phenoxy) is 2. The predicted molar refractivity (Wildman–Crippen MR) is 97.9 cm³/mol. The second kappa shape index (κ2) is 6.78. The summed E-state index contributed by atoms with van der Waals surface area (Å²) in [5, 5.41) is 1.90. The molecule has 0 atom stereocenters. The van der Waals surface area contributed by atoms with Gasteiger partial charge in [0, 0.05) is 30.6 Å². The predicted octanol–water partition coefficient (Wildman–Crippen LogP) is 1.76. The highest BCUT2D eigenvalue weighted by Crippen LogP contribution is 2.40. The van der Waals surface area contributed by atoms with E-state index < -0.39 is 0 Å². The third-order valence-corrected chi connectivity index (χ3v) is 6.84. The average Bonchev–Trinajstić information content (AvgIpc) is 2.99. The first-order valence-corrected chi connectivity index (χ1v) is 10.0. The lowest BCUT2D eigenvalue weighted by Crippen LogP contribution is -2.58. The lowest BCUT2D eigenvalue weighted by atomic mass is 9.85. The number of piperidine rings is 1. The molecule has 1 aromatic rings. The smallest absolute Gasteiger partial charge is 0.267 e. The van der Waals surface area contributed by atoms with Crippen LogP contribution < -0.4 is 9.47 Å². The molecule has 3 aliphatic heterocycles. The summed E-state index contributed by atoms with van der Waals surface area (Å²) in [4.78, 5) is 20.9. The number of amides is 1. The van der Waals surface area contributed by atoms with Gasteiger partial charge in [-0.05, 0) is 46.4 Å². The summed E-state index contributed by atoms with van der Waals surface area (Å²) in [5.41, 5.74) is 0.105. The van der Waals surface area contributed by atoms with Crippen LogP contribution in [0.2, 0.25) is 0 Å². The van der Waals surface area contributed by atoms with E-state index in [9.17, 15) is 4.79 Å². The van der Waals surface area contributed by atoms with Crippen molar-refractivity contribution in [1.82, 2.24) is 14.7 Å². The van der Waals surface area contributed by atoms with Crippen LogP contribution in [0.15, 0.2) is 5.38 Å². The summed E-state index contributed by atoms with van der Waals surface area (Å²) in [6.07, 6.45) is 3.25. The fraction of sp³-hybridized carbons (Fsp3) is 0.722. The summed E-state index contributed by atoms with van der Waals surface area (Å²) in [6.45, 7) is 5.94. The molecule has 0 N–H and O–H groups in total. The Labute approximate surface area is 153 Å². The standard InChI is InChI=1S/C18H27N3O3S/c1-19-8-4-18(5-9-19)13-21(7-3-6-20(18)2)17(22)16-15-14(12-25-16)23-10-11-24-15/h12H,3-11,13H2,1-2H3. The van der Waals surface area contributed by atoms with Crippen LogP contribution in [0.4, 0.5) is 0 Å². The Balaban J connectivity index is 1.57. The van der Waals surface area contributed by atoms with Crippen LogP contribution in [-0.2, 0) is 0 Å². The van der Waals surface area contributed by atoms with Crippen molar-refractivity contribution in [3.8, 4) is 11.5 Å². The molecule has 1 spiro atoms. The Morgan fingerprint density at radius 1 is 1.12 bits per heavy atom. The molecule has 4 rings (SSSR count). The zero-order valence-corrected chi connectivity index (χ0v) is 15.9. The summed E-state index contributed by atoms with van der Waals surface area (Å²) in [7, 11) is 4.41. The summed E-state index contributed by atoms with van der Waals surface area (Å²) >= 11 is 1.45. The maximum atomic E-state index is 13.3. The van der Waals surface area contributed by atoms with E-state index in [-0.39, 0.29) is 11.4 Å². The largest absolute Gasteiger partial charge is 0.485 e. The van der Waals surface area contributed by atoms with Gasteiger partial charge in [0.2, 0.25) is 0 Å². The Morgan fingerprint density at radius 3 is 2.68 bits per heavy atom. The topological polar surface area (TPSA) is 45.3 Å². The van der Waals surface area contributed by atoms with Crippen molar-refractivity contribution in [2.75, 3.05) is 60.0 Å². The summed E-state index contributed by atoms with van der Waals surface area (Å²) in [5.74, 6) is 1.47. The number of fused-ring (bicyclic) bond motifs is 1. The zero-order chi connectivity index (χ0) is 17.4. The van der Waals surface area contributed by atoms with Crippen molar-refractivity contribution in [3.63, 3.8) is 0 Å². The molecule has 1 aromatic heterocycles. The Kier molecular flexibility index (Phi) is 4.64. The first-order chi connectivity index (χ1) is 12.1. The number of carbonyl (C=O) groups is 1. The molecule has 0 aromatic carbocycles. The molecule has 0 aliphatic carbocycles. The summed E-state index contributed by atoms with van der Waals surface area (Å²) < 4.78 is 11.3. The molecule has 4 heterocycles. The van der Waals surface area contributed by atoms with Gasteiger partial charge in [0.15, 0.2) is 11.5 Å². The Morgan fingerprint density at radius 2 is 1.88 bits per heavy atom. The Bertz CT molecular complexity index is 640. The van der Waals surface area contributed by atoms with Crippen LogP contribution in [0, 0.1) is 0 Å². The highest BCUT2D eigenvalue weighted by Gasteiger charge is 2.42. The van der Waals surface area contributed by atoms with Gasteiger partial charge in [-0.1, -0.05) is 0 Å². The number of hydrogen-bond donors (Lipinski definition) is 0. The van der Waals surface area contributed by atoms with Crippen LogP contribution in [0.1, 0.15) is 28.9 Å². The minimum atomic E-state index is 0.102. The molecular formula is C18H27N3O3S. The number of nitrogens with zero attached hydrogens (tertiary/aromatic N) is 3. The van der Waals surface area contributed by atoms with E-state index in [0.29, 0.717) is 23.8 Å². The molecule has 0 saturated carbocycles. The van der Waals surface area contributed by atoms with Gasteiger partial charge in [-0.25, -0.2) is 0 Å². The van der Waals surface area contributed by atoms with E-state index in [1.165, 1.54) is 11.3 Å². The molecular weight excluding hydrogens is 338 g/mol. The van der Waals surface area contributed by atoms with Crippen molar-refractivity contribution in [2.24, 2.45) is 0 Å². The highest BCUT2D eigenvalue weighted by atomic mass is 32.1. The molecule has 7 heteroatoms. The molecule has 1 amide bonds. The maximum Gasteiger partial charge on any atom is 0.267 e. The molecule has 25 heavy (non-hydrogen) atoms. The van der Waals surface area contributed by atoms with Gasteiger partial charge in [-0.2, -0.15) is 0 Å². The van der Waals surface area contributed by atoms with Crippen LogP contribution in [0.25, 0.3) is 0 Å². The van der Waals surface area contributed by atoms with Gasteiger partial charge in [0.1, 0.15) is 18.1 Å². The quantitative estimate of drug-likeness (QED) is 0.759. The molecule has 2 fully saturated rings. The second-order valence-electron chi connectivity index (χ2n) is 7.48.